The molecule has 1 nitrogen and oxygen atoms in total. The molecule has 0 aliphatic carbocycles. The number of aryl methyl sites for hydroxylation is 1. The van der Waals surface area contributed by atoms with Gasteiger partial charge in [-0.25, -0.2) is 9.50 Å². The Balaban J connectivity index is 3.09. The van der Waals surface area contributed by atoms with Crippen LogP contribution in [0.25, 0.3) is 0 Å². The zero-order chi connectivity index (χ0) is 7.56. The lowest BCUT2D eigenvalue weighted by atomic mass is 10.1. The van der Waals surface area contributed by atoms with E-state index in [2.05, 4.69) is 0 Å². The molecule has 1 aromatic rings. The van der Waals surface area contributed by atoms with Crippen LogP contribution in [-0.4, -0.2) is 0 Å². The van der Waals surface area contributed by atoms with Crippen molar-refractivity contribution < 1.29 is 9.50 Å². The van der Waals surface area contributed by atoms with Crippen molar-refractivity contribution in [1.82, 2.24) is 0 Å². The summed E-state index contributed by atoms with van der Waals surface area (Å²) in [5, 5.41) is 10.3. The predicted molar refractivity (Wildman–Crippen MR) is 35.5 cm³/mol. The van der Waals surface area contributed by atoms with Crippen LogP contribution in [0.3, 0.4) is 0 Å². The van der Waals surface area contributed by atoms with Crippen molar-refractivity contribution in [3.8, 4) is 0 Å². The van der Waals surface area contributed by atoms with Crippen LogP contribution in [0.1, 0.15) is 11.1 Å². The molecule has 1 aromatic carbocycles. The molecule has 53 valence electrons. The van der Waals surface area contributed by atoms with Gasteiger partial charge in [-0.05, 0) is 13.0 Å². The number of halogens is 1. The van der Waals surface area contributed by atoms with Crippen LogP contribution in [0.5, 0.6) is 0 Å². The molecule has 0 fully saturated rings. The van der Waals surface area contributed by atoms with Crippen molar-refractivity contribution >= 4 is 0 Å². The molecule has 1 rings (SSSR count). The minimum atomic E-state index is -0.479. The first-order chi connectivity index (χ1) is 4.74. The highest BCUT2D eigenvalue weighted by molar-refractivity contribution is 5.23. The fraction of sp³-hybridized carbons (Fsp3) is 0.250. The van der Waals surface area contributed by atoms with E-state index in [9.17, 15) is 9.50 Å². The van der Waals surface area contributed by atoms with Crippen molar-refractivity contribution in [1.29, 1.82) is 0 Å². The predicted octanol–water partition coefficient (Wildman–Crippen LogP) is 2.06. The van der Waals surface area contributed by atoms with Gasteiger partial charge in [0.1, 0.15) is 12.4 Å². The molecule has 0 aromatic heterocycles. The normalized spacial score (nSPS) is 9.90. The summed E-state index contributed by atoms with van der Waals surface area (Å²) in [6.07, 6.45) is 0. The lowest BCUT2D eigenvalue weighted by molar-refractivity contribution is 0.174. The average molecular weight is 139 g/mol. The molecule has 1 radical (unpaired) electrons. The number of hydrogen-bond acceptors (Lipinski definition) is 0. The fourth-order valence-corrected chi connectivity index (χ4v) is 0.814. The Morgan fingerprint density at radius 3 is 2.70 bits per heavy atom. The van der Waals surface area contributed by atoms with Gasteiger partial charge in [0.25, 0.3) is 0 Å². The van der Waals surface area contributed by atoms with E-state index in [1.807, 2.05) is 6.92 Å². The van der Waals surface area contributed by atoms with Gasteiger partial charge in [0.15, 0.2) is 0 Å². The largest absolute Gasteiger partial charge is 0.231 e. The lowest BCUT2D eigenvalue weighted by Crippen LogP contribution is -1.88. The van der Waals surface area contributed by atoms with Crippen LogP contribution in [0, 0.1) is 12.7 Å². The molecule has 0 aliphatic heterocycles. The van der Waals surface area contributed by atoms with E-state index in [0.29, 0.717) is 0 Å². The van der Waals surface area contributed by atoms with E-state index < -0.39 is 12.4 Å². The summed E-state index contributed by atoms with van der Waals surface area (Å²) in [5.41, 5.74) is 1.17. The molecule has 0 amide bonds. The van der Waals surface area contributed by atoms with Crippen LogP contribution in [0.15, 0.2) is 18.2 Å². The van der Waals surface area contributed by atoms with Gasteiger partial charge in [-0.3, -0.25) is 0 Å². The first-order valence-electron chi connectivity index (χ1n) is 3.07. The third kappa shape index (κ3) is 1.33. The molecule has 0 unspecified atom stereocenters. The van der Waals surface area contributed by atoms with Crippen LogP contribution in [-0.2, 0) is 11.7 Å². The summed E-state index contributed by atoms with van der Waals surface area (Å²) in [5.74, 6) is -0.402. The summed E-state index contributed by atoms with van der Waals surface area (Å²) in [4.78, 5) is 0. The first kappa shape index (κ1) is 7.22. The van der Waals surface area contributed by atoms with Crippen LogP contribution < -0.4 is 0 Å². The van der Waals surface area contributed by atoms with Gasteiger partial charge >= 0.3 is 0 Å². The van der Waals surface area contributed by atoms with Gasteiger partial charge in [0, 0.05) is 5.56 Å². The van der Waals surface area contributed by atoms with E-state index >= 15 is 0 Å². The topological polar surface area (TPSA) is 19.9 Å². The van der Waals surface area contributed by atoms with E-state index in [0.717, 1.165) is 5.56 Å². The Bertz CT molecular complexity index is 233. The Morgan fingerprint density at radius 2 is 2.20 bits per heavy atom. The maximum atomic E-state index is 12.6. The highest BCUT2D eigenvalue weighted by atomic mass is 19.1. The quantitative estimate of drug-likeness (QED) is 0.567. The highest BCUT2D eigenvalue weighted by Crippen LogP contribution is 2.09. The Labute approximate surface area is 59.1 Å². The Morgan fingerprint density at radius 1 is 1.50 bits per heavy atom. The number of rotatable bonds is 1. The van der Waals surface area contributed by atoms with Gasteiger partial charge < -0.3 is 0 Å². The molecule has 10 heavy (non-hydrogen) atoms. The van der Waals surface area contributed by atoms with E-state index in [1.54, 1.807) is 12.1 Å². The average Bonchev–Trinajstić information content (AvgIpc) is 1.94. The molecular formula is C8H8FO. The number of hydrogen-bond donors (Lipinski definition) is 0. The molecule has 0 atom stereocenters. The third-order valence-corrected chi connectivity index (χ3v) is 1.36. The Hall–Kier alpha value is -0.890. The zero-order valence-electron chi connectivity index (χ0n) is 5.73. The fourth-order valence-electron chi connectivity index (χ4n) is 0.814. The van der Waals surface area contributed by atoms with Crippen molar-refractivity contribution in [3.63, 3.8) is 0 Å². The molecular weight excluding hydrogens is 131 g/mol. The van der Waals surface area contributed by atoms with Crippen LogP contribution >= 0.6 is 0 Å². The molecule has 0 heterocycles. The van der Waals surface area contributed by atoms with Gasteiger partial charge in [-0.15, -0.1) is 0 Å². The number of benzene rings is 1. The second kappa shape index (κ2) is 2.80. The van der Waals surface area contributed by atoms with Crippen LogP contribution in [0.4, 0.5) is 4.39 Å². The SMILES string of the molecule is Cc1ccc(F)c(C[O])c1. The van der Waals surface area contributed by atoms with Crippen molar-refractivity contribution in [2.24, 2.45) is 0 Å². The molecule has 0 aliphatic rings. The smallest absolute Gasteiger partial charge is 0.128 e. The van der Waals surface area contributed by atoms with E-state index in [4.69, 9.17) is 0 Å². The van der Waals surface area contributed by atoms with Crippen molar-refractivity contribution in [2.75, 3.05) is 0 Å². The van der Waals surface area contributed by atoms with Gasteiger partial charge in [0.05, 0.1) is 0 Å². The van der Waals surface area contributed by atoms with E-state index in [-0.39, 0.29) is 5.56 Å². The minimum absolute atomic E-state index is 0.250. The Kier molecular flexibility index (Phi) is 2.02. The zero-order valence-corrected chi connectivity index (χ0v) is 5.73. The van der Waals surface area contributed by atoms with Crippen molar-refractivity contribution in [3.05, 3.63) is 35.1 Å². The third-order valence-electron chi connectivity index (χ3n) is 1.36. The summed E-state index contributed by atoms with van der Waals surface area (Å²) in [7, 11) is 0. The minimum Gasteiger partial charge on any atom is -0.231 e. The molecule has 0 saturated heterocycles. The van der Waals surface area contributed by atoms with Crippen molar-refractivity contribution in [2.45, 2.75) is 13.5 Å². The molecule has 0 N–H and O–H groups in total. The highest BCUT2D eigenvalue weighted by Gasteiger charge is 1.99. The maximum Gasteiger partial charge on any atom is 0.128 e. The molecule has 0 bridgehead atoms. The standard InChI is InChI=1S/C8H8FO/c1-6-2-3-8(9)7(4-6)5-10/h2-4H,5H2,1H3. The summed E-state index contributed by atoms with van der Waals surface area (Å²) in [6.45, 7) is 1.35. The monoisotopic (exact) mass is 139 g/mol. The molecule has 0 saturated carbocycles. The first-order valence-corrected chi connectivity index (χ1v) is 3.07. The van der Waals surface area contributed by atoms with Gasteiger partial charge in [0.2, 0.25) is 0 Å². The molecule has 2 heteroatoms. The lowest BCUT2D eigenvalue weighted by Gasteiger charge is -1.97. The second-order valence-electron chi connectivity index (χ2n) is 2.24. The van der Waals surface area contributed by atoms with Gasteiger partial charge in [-0.2, -0.15) is 0 Å². The maximum absolute atomic E-state index is 12.6. The van der Waals surface area contributed by atoms with E-state index in [1.165, 1.54) is 6.07 Å². The summed E-state index contributed by atoms with van der Waals surface area (Å²) >= 11 is 0. The second-order valence-corrected chi connectivity index (χ2v) is 2.24. The van der Waals surface area contributed by atoms with Gasteiger partial charge in [-0.1, -0.05) is 17.7 Å². The molecule has 0 spiro atoms. The summed E-state index contributed by atoms with van der Waals surface area (Å²) < 4.78 is 12.6. The van der Waals surface area contributed by atoms with Crippen LogP contribution in [0.2, 0.25) is 0 Å². The summed E-state index contributed by atoms with van der Waals surface area (Å²) in [6, 6.07) is 4.54.